The first-order valence-electron chi connectivity index (χ1n) is 5.37. The number of carbonyl (C=O) groups is 1. The third-order valence-electron chi connectivity index (χ3n) is 2.60. The SMILES string of the molecule is O=C(CCc1ccco1)NC1CCNC1. The van der Waals surface area contributed by atoms with Gasteiger partial charge in [-0.25, -0.2) is 0 Å². The highest BCUT2D eigenvalue weighted by molar-refractivity contribution is 5.76. The maximum absolute atomic E-state index is 11.5. The number of nitrogens with one attached hydrogen (secondary N) is 2. The summed E-state index contributed by atoms with van der Waals surface area (Å²) in [6.45, 7) is 1.90. The molecule has 1 aliphatic rings. The van der Waals surface area contributed by atoms with Crippen LogP contribution in [0, 0.1) is 0 Å². The summed E-state index contributed by atoms with van der Waals surface area (Å²) in [6, 6.07) is 4.05. The van der Waals surface area contributed by atoms with E-state index in [1.54, 1.807) is 6.26 Å². The molecule has 1 amide bonds. The van der Waals surface area contributed by atoms with E-state index in [1.165, 1.54) is 0 Å². The zero-order valence-electron chi connectivity index (χ0n) is 8.66. The summed E-state index contributed by atoms with van der Waals surface area (Å²) in [4.78, 5) is 11.5. The molecule has 0 bridgehead atoms. The quantitative estimate of drug-likeness (QED) is 0.765. The highest BCUT2D eigenvalue weighted by Crippen LogP contribution is 2.04. The average Bonchev–Trinajstić information content (AvgIpc) is 2.86. The van der Waals surface area contributed by atoms with Gasteiger partial charge in [0.25, 0.3) is 0 Å². The van der Waals surface area contributed by atoms with E-state index in [1.807, 2.05) is 12.1 Å². The molecule has 1 saturated heterocycles. The van der Waals surface area contributed by atoms with Gasteiger partial charge < -0.3 is 15.1 Å². The van der Waals surface area contributed by atoms with Crippen molar-refractivity contribution in [2.45, 2.75) is 25.3 Å². The van der Waals surface area contributed by atoms with Gasteiger partial charge in [-0.3, -0.25) is 4.79 Å². The molecule has 1 atom stereocenters. The molecule has 4 nitrogen and oxygen atoms in total. The minimum atomic E-state index is 0.111. The molecule has 0 aromatic carbocycles. The fourth-order valence-corrected chi connectivity index (χ4v) is 1.77. The minimum absolute atomic E-state index is 0.111. The molecule has 15 heavy (non-hydrogen) atoms. The second kappa shape index (κ2) is 4.98. The number of amides is 1. The van der Waals surface area contributed by atoms with Gasteiger partial charge in [0.15, 0.2) is 0 Å². The van der Waals surface area contributed by atoms with Crippen LogP contribution in [0.4, 0.5) is 0 Å². The van der Waals surface area contributed by atoms with E-state index >= 15 is 0 Å². The number of carbonyl (C=O) groups excluding carboxylic acids is 1. The number of hydrogen-bond donors (Lipinski definition) is 2. The lowest BCUT2D eigenvalue weighted by Gasteiger charge is -2.10. The number of rotatable bonds is 4. The van der Waals surface area contributed by atoms with Gasteiger partial charge in [-0.05, 0) is 25.1 Å². The molecular formula is C11H16N2O2. The van der Waals surface area contributed by atoms with Gasteiger partial charge in [-0.1, -0.05) is 0 Å². The standard InChI is InChI=1S/C11H16N2O2/c14-11(13-9-5-6-12-8-9)4-3-10-2-1-7-15-10/h1-2,7,9,12H,3-6,8H2,(H,13,14). The molecular weight excluding hydrogens is 192 g/mol. The lowest BCUT2D eigenvalue weighted by Crippen LogP contribution is -2.36. The third kappa shape index (κ3) is 3.09. The molecule has 1 aliphatic heterocycles. The van der Waals surface area contributed by atoms with Crippen molar-refractivity contribution in [3.63, 3.8) is 0 Å². The smallest absolute Gasteiger partial charge is 0.220 e. The van der Waals surface area contributed by atoms with Gasteiger partial charge in [0, 0.05) is 25.4 Å². The third-order valence-corrected chi connectivity index (χ3v) is 2.60. The molecule has 2 heterocycles. The lowest BCUT2D eigenvalue weighted by atomic mass is 10.2. The topological polar surface area (TPSA) is 54.3 Å². The molecule has 2 rings (SSSR count). The Balaban J connectivity index is 1.68. The van der Waals surface area contributed by atoms with Crippen LogP contribution < -0.4 is 10.6 Å². The van der Waals surface area contributed by atoms with Gasteiger partial charge in [-0.2, -0.15) is 0 Å². The molecule has 82 valence electrons. The van der Waals surface area contributed by atoms with Crippen LogP contribution in [0.15, 0.2) is 22.8 Å². The van der Waals surface area contributed by atoms with Crippen molar-refractivity contribution in [3.05, 3.63) is 24.2 Å². The van der Waals surface area contributed by atoms with Crippen molar-refractivity contribution in [3.8, 4) is 0 Å². The Morgan fingerprint density at radius 2 is 2.60 bits per heavy atom. The fraction of sp³-hybridized carbons (Fsp3) is 0.545. The Hall–Kier alpha value is -1.29. The second-order valence-corrected chi connectivity index (χ2v) is 3.84. The van der Waals surface area contributed by atoms with Crippen molar-refractivity contribution in [1.29, 1.82) is 0 Å². The molecule has 0 radical (unpaired) electrons. The zero-order chi connectivity index (χ0) is 10.5. The Kier molecular flexibility index (Phi) is 3.40. The van der Waals surface area contributed by atoms with Crippen LogP contribution in [0.2, 0.25) is 0 Å². The molecule has 1 unspecified atom stereocenters. The van der Waals surface area contributed by atoms with E-state index in [9.17, 15) is 4.79 Å². The Morgan fingerprint density at radius 1 is 1.67 bits per heavy atom. The summed E-state index contributed by atoms with van der Waals surface area (Å²) in [6.07, 6.45) is 3.85. The minimum Gasteiger partial charge on any atom is -0.469 e. The summed E-state index contributed by atoms with van der Waals surface area (Å²) in [7, 11) is 0. The van der Waals surface area contributed by atoms with E-state index in [-0.39, 0.29) is 5.91 Å². The summed E-state index contributed by atoms with van der Waals surface area (Å²) in [5.41, 5.74) is 0. The molecule has 1 fully saturated rings. The second-order valence-electron chi connectivity index (χ2n) is 3.84. The van der Waals surface area contributed by atoms with Crippen LogP contribution in [0.1, 0.15) is 18.6 Å². The van der Waals surface area contributed by atoms with Crippen molar-refractivity contribution in [1.82, 2.24) is 10.6 Å². The first-order chi connectivity index (χ1) is 7.34. The van der Waals surface area contributed by atoms with Crippen LogP contribution in [0.25, 0.3) is 0 Å². The molecule has 0 spiro atoms. The van der Waals surface area contributed by atoms with Gasteiger partial charge in [0.1, 0.15) is 5.76 Å². The summed E-state index contributed by atoms with van der Waals surface area (Å²) < 4.78 is 5.16. The lowest BCUT2D eigenvalue weighted by molar-refractivity contribution is -0.121. The van der Waals surface area contributed by atoms with Crippen LogP contribution in [-0.2, 0) is 11.2 Å². The maximum Gasteiger partial charge on any atom is 0.220 e. The van der Waals surface area contributed by atoms with E-state index in [4.69, 9.17) is 4.42 Å². The molecule has 1 aromatic rings. The maximum atomic E-state index is 11.5. The number of hydrogen-bond acceptors (Lipinski definition) is 3. The van der Waals surface area contributed by atoms with Crippen LogP contribution in [0.3, 0.4) is 0 Å². The molecule has 0 saturated carbocycles. The van der Waals surface area contributed by atoms with Crippen LogP contribution in [0.5, 0.6) is 0 Å². The van der Waals surface area contributed by atoms with Crippen molar-refractivity contribution in [2.24, 2.45) is 0 Å². The summed E-state index contributed by atoms with van der Waals surface area (Å²) in [5.74, 6) is 0.981. The van der Waals surface area contributed by atoms with E-state index in [0.29, 0.717) is 18.9 Å². The summed E-state index contributed by atoms with van der Waals surface area (Å²) in [5, 5.41) is 6.21. The Bertz CT molecular complexity index is 302. The first-order valence-corrected chi connectivity index (χ1v) is 5.37. The molecule has 4 heteroatoms. The highest BCUT2D eigenvalue weighted by Gasteiger charge is 2.16. The Labute approximate surface area is 89.0 Å². The van der Waals surface area contributed by atoms with Crippen molar-refractivity contribution >= 4 is 5.91 Å². The van der Waals surface area contributed by atoms with Crippen LogP contribution >= 0.6 is 0 Å². The Morgan fingerprint density at radius 3 is 3.27 bits per heavy atom. The predicted octanol–water partition coefficient (Wildman–Crippen LogP) is 0.690. The number of aryl methyl sites for hydroxylation is 1. The average molecular weight is 208 g/mol. The van der Waals surface area contributed by atoms with E-state index < -0.39 is 0 Å². The molecule has 1 aromatic heterocycles. The normalized spacial score (nSPS) is 20.4. The van der Waals surface area contributed by atoms with Crippen molar-refractivity contribution < 1.29 is 9.21 Å². The summed E-state index contributed by atoms with van der Waals surface area (Å²) >= 11 is 0. The fourth-order valence-electron chi connectivity index (χ4n) is 1.77. The van der Waals surface area contributed by atoms with Crippen LogP contribution in [-0.4, -0.2) is 25.0 Å². The largest absolute Gasteiger partial charge is 0.469 e. The van der Waals surface area contributed by atoms with Gasteiger partial charge in [0.2, 0.25) is 5.91 Å². The van der Waals surface area contributed by atoms with Gasteiger partial charge in [0.05, 0.1) is 6.26 Å². The van der Waals surface area contributed by atoms with Crippen molar-refractivity contribution in [2.75, 3.05) is 13.1 Å². The highest BCUT2D eigenvalue weighted by atomic mass is 16.3. The van der Waals surface area contributed by atoms with Gasteiger partial charge in [-0.15, -0.1) is 0 Å². The molecule has 0 aliphatic carbocycles. The molecule has 2 N–H and O–H groups in total. The predicted molar refractivity (Wildman–Crippen MR) is 56.4 cm³/mol. The zero-order valence-corrected chi connectivity index (χ0v) is 8.66. The van der Waals surface area contributed by atoms with E-state index in [2.05, 4.69) is 10.6 Å². The van der Waals surface area contributed by atoms with E-state index in [0.717, 1.165) is 25.3 Å². The first kappa shape index (κ1) is 10.2. The monoisotopic (exact) mass is 208 g/mol. The number of furan rings is 1. The van der Waals surface area contributed by atoms with Gasteiger partial charge >= 0.3 is 0 Å².